The molecule has 2 amide bonds. The number of halogens is 3. The molecule has 0 saturated heterocycles. The molecule has 0 radical (unpaired) electrons. The van der Waals surface area contributed by atoms with Crippen molar-refractivity contribution in [3.8, 4) is 11.1 Å². The van der Waals surface area contributed by atoms with Crippen LogP contribution in [0.2, 0.25) is 0 Å². The molecule has 0 fully saturated rings. The molecule has 0 atom stereocenters. The van der Waals surface area contributed by atoms with Crippen LogP contribution in [0.5, 0.6) is 0 Å². The molecule has 3 rings (SSSR count). The Bertz CT molecular complexity index is 984. The quantitative estimate of drug-likeness (QED) is 0.620. The Hall–Kier alpha value is -3.13. The predicted octanol–water partition coefficient (Wildman–Crippen LogP) is 4.48. The maximum absolute atomic E-state index is 12.9. The Labute approximate surface area is 169 Å². The van der Waals surface area contributed by atoms with Gasteiger partial charge in [0.15, 0.2) is 0 Å². The van der Waals surface area contributed by atoms with Gasteiger partial charge in [-0.15, -0.1) is 11.3 Å². The Morgan fingerprint density at radius 3 is 2.31 bits per heavy atom. The van der Waals surface area contributed by atoms with E-state index in [2.05, 4.69) is 10.6 Å². The second-order valence-corrected chi connectivity index (χ2v) is 7.23. The summed E-state index contributed by atoms with van der Waals surface area (Å²) in [6.45, 7) is 0.234. The third-order valence-corrected chi connectivity index (χ3v) is 5.00. The molecule has 29 heavy (non-hydrogen) atoms. The number of amides is 2. The highest BCUT2D eigenvalue weighted by Gasteiger charge is 2.30. The number of nitrogens with one attached hydrogen (secondary N) is 2. The molecule has 0 saturated carbocycles. The van der Waals surface area contributed by atoms with Crippen molar-refractivity contribution in [2.24, 2.45) is 0 Å². The van der Waals surface area contributed by atoms with E-state index in [1.165, 1.54) is 29.5 Å². The highest BCUT2D eigenvalue weighted by molar-refractivity contribution is 7.09. The van der Waals surface area contributed by atoms with Gasteiger partial charge in [-0.05, 0) is 46.8 Å². The predicted molar refractivity (Wildman–Crippen MR) is 105 cm³/mol. The minimum Gasteiger partial charge on any atom is -0.350 e. The summed E-state index contributed by atoms with van der Waals surface area (Å²) in [5.41, 5.74) is 0.540. The van der Waals surface area contributed by atoms with Crippen LogP contribution in [0.3, 0.4) is 0 Å². The Balaban J connectivity index is 1.57. The number of carbonyl (C=O) groups excluding carboxylic acids is 2. The lowest BCUT2D eigenvalue weighted by atomic mass is 10.0. The number of hydrogen-bond donors (Lipinski definition) is 2. The average Bonchev–Trinajstić information content (AvgIpc) is 3.24. The van der Waals surface area contributed by atoms with Crippen LogP contribution in [0.1, 0.15) is 20.8 Å². The molecule has 0 aliphatic carbocycles. The Kier molecular flexibility index (Phi) is 6.33. The molecule has 0 aliphatic rings. The zero-order valence-corrected chi connectivity index (χ0v) is 15.9. The van der Waals surface area contributed by atoms with E-state index in [-0.39, 0.29) is 12.5 Å². The van der Waals surface area contributed by atoms with Crippen molar-refractivity contribution in [2.75, 3.05) is 6.54 Å². The molecule has 2 N–H and O–H groups in total. The number of thiophene rings is 1. The van der Waals surface area contributed by atoms with E-state index in [0.29, 0.717) is 23.2 Å². The van der Waals surface area contributed by atoms with E-state index in [4.69, 9.17) is 0 Å². The number of carbonyl (C=O) groups is 2. The first kappa shape index (κ1) is 20.6. The van der Waals surface area contributed by atoms with Crippen LogP contribution < -0.4 is 10.6 Å². The second-order valence-electron chi connectivity index (χ2n) is 6.19. The highest BCUT2D eigenvalue weighted by atomic mass is 32.1. The third-order valence-electron chi connectivity index (χ3n) is 4.12. The summed E-state index contributed by atoms with van der Waals surface area (Å²) >= 11 is 1.52. The average molecular weight is 418 g/mol. The van der Waals surface area contributed by atoms with E-state index in [0.717, 1.165) is 17.0 Å². The molecule has 2 aromatic carbocycles. The van der Waals surface area contributed by atoms with E-state index >= 15 is 0 Å². The molecule has 150 valence electrons. The molecular formula is C21H17F3N2O2S. The first-order chi connectivity index (χ1) is 13.8. The standard InChI is InChI=1S/C21H17F3N2O2S/c22-21(23,24)17-4-1-3-16(11-17)14-6-8-15(9-7-14)20(28)26-13-19(27)25-12-18-5-2-10-29-18/h1-11H,12-13H2,(H,25,27)(H,26,28). The van der Waals surface area contributed by atoms with Crippen molar-refractivity contribution >= 4 is 23.2 Å². The largest absolute Gasteiger partial charge is 0.416 e. The Morgan fingerprint density at radius 2 is 1.66 bits per heavy atom. The van der Waals surface area contributed by atoms with Crippen LogP contribution in [0.25, 0.3) is 11.1 Å². The molecule has 8 heteroatoms. The molecule has 1 aromatic heterocycles. The highest BCUT2D eigenvalue weighted by Crippen LogP contribution is 2.32. The van der Waals surface area contributed by atoms with Gasteiger partial charge in [-0.1, -0.05) is 30.3 Å². The lowest BCUT2D eigenvalue weighted by Crippen LogP contribution is -2.36. The van der Waals surface area contributed by atoms with Gasteiger partial charge in [-0.25, -0.2) is 0 Å². The summed E-state index contributed by atoms with van der Waals surface area (Å²) in [5.74, 6) is -0.751. The first-order valence-corrected chi connectivity index (χ1v) is 9.56. The van der Waals surface area contributed by atoms with Crippen LogP contribution in [0.4, 0.5) is 13.2 Å². The topological polar surface area (TPSA) is 58.2 Å². The molecule has 0 aliphatic heterocycles. The molecule has 0 spiro atoms. The van der Waals surface area contributed by atoms with Gasteiger partial charge in [0.2, 0.25) is 5.91 Å². The van der Waals surface area contributed by atoms with Crippen LogP contribution in [-0.2, 0) is 17.5 Å². The summed E-state index contributed by atoms with van der Waals surface area (Å²) in [6.07, 6.45) is -4.42. The van der Waals surface area contributed by atoms with Crippen molar-refractivity contribution in [1.82, 2.24) is 10.6 Å². The number of rotatable bonds is 6. The number of hydrogen-bond acceptors (Lipinski definition) is 3. The van der Waals surface area contributed by atoms with E-state index in [9.17, 15) is 22.8 Å². The zero-order valence-electron chi connectivity index (χ0n) is 15.1. The number of alkyl halides is 3. The lowest BCUT2D eigenvalue weighted by Gasteiger charge is -2.10. The van der Waals surface area contributed by atoms with E-state index < -0.39 is 17.6 Å². The fraction of sp³-hybridized carbons (Fsp3) is 0.143. The fourth-order valence-electron chi connectivity index (χ4n) is 2.61. The van der Waals surface area contributed by atoms with Crippen molar-refractivity contribution in [3.05, 3.63) is 82.0 Å². The summed E-state index contributed by atoms with van der Waals surface area (Å²) in [5, 5.41) is 7.13. The van der Waals surface area contributed by atoms with Gasteiger partial charge in [0.05, 0.1) is 18.7 Å². The van der Waals surface area contributed by atoms with Crippen LogP contribution in [-0.4, -0.2) is 18.4 Å². The number of benzene rings is 2. The molecular weight excluding hydrogens is 401 g/mol. The summed E-state index contributed by atoms with van der Waals surface area (Å²) in [6, 6.07) is 14.9. The normalized spacial score (nSPS) is 11.1. The van der Waals surface area contributed by atoms with Gasteiger partial charge in [-0.3, -0.25) is 9.59 Å². The minimum atomic E-state index is -4.42. The van der Waals surface area contributed by atoms with Crippen LogP contribution >= 0.6 is 11.3 Å². The smallest absolute Gasteiger partial charge is 0.350 e. The fourth-order valence-corrected chi connectivity index (χ4v) is 3.26. The van der Waals surface area contributed by atoms with Crippen LogP contribution in [0.15, 0.2) is 66.0 Å². The van der Waals surface area contributed by atoms with Crippen molar-refractivity contribution in [3.63, 3.8) is 0 Å². The van der Waals surface area contributed by atoms with Gasteiger partial charge in [-0.2, -0.15) is 13.2 Å². The summed E-state index contributed by atoms with van der Waals surface area (Å²) < 4.78 is 38.6. The van der Waals surface area contributed by atoms with Gasteiger partial charge in [0.1, 0.15) is 0 Å². The van der Waals surface area contributed by atoms with E-state index in [1.807, 2.05) is 17.5 Å². The lowest BCUT2D eigenvalue weighted by molar-refractivity contribution is -0.137. The van der Waals surface area contributed by atoms with Gasteiger partial charge in [0.25, 0.3) is 5.91 Å². The molecule has 1 heterocycles. The molecule has 0 bridgehead atoms. The minimum absolute atomic E-state index is 0.167. The SMILES string of the molecule is O=C(CNC(=O)c1ccc(-c2cccc(C(F)(F)F)c2)cc1)NCc1cccs1. The van der Waals surface area contributed by atoms with Gasteiger partial charge >= 0.3 is 6.18 Å². The molecule has 3 aromatic rings. The maximum atomic E-state index is 12.9. The van der Waals surface area contributed by atoms with Crippen molar-refractivity contribution in [2.45, 2.75) is 12.7 Å². The molecule has 4 nitrogen and oxygen atoms in total. The molecule has 0 unspecified atom stereocenters. The summed E-state index contributed by atoms with van der Waals surface area (Å²) in [4.78, 5) is 25.0. The summed E-state index contributed by atoms with van der Waals surface area (Å²) in [7, 11) is 0. The second kappa shape index (κ2) is 8.91. The van der Waals surface area contributed by atoms with E-state index in [1.54, 1.807) is 18.2 Å². The van der Waals surface area contributed by atoms with Gasteiger partial charge in [0, 0.05) is 10.4 Å². The van der Waals surface area contributed by atoms with Crippen molar-refractivity contribution in [1.29, 1.82) is 0 Å². The monoisotopic (exact) mass is 418 g/mol. The van der Waals surface area contributed by atoms with Crippen LogP contribution in [0, 0.1) is 0 Å². The zero-order chi connectivity index (χ0) is 20.9. The van der Waals surface area contributed by atoms with Crippen molar-refractivity contribution < 1.29 is 22.8 Å². The maximum Gasteiger partial charge on any atom is 0.416 e. The van der Waals surface area contributed by atoms with Gasteiger partial charge < -0.3 is 10.6 Å². The Morgan fingerprint density at radius 1 is 0.897 bits per heavy atom. The third kappa shape index (κ3) is 5.68. The first-order valence-electron chi connectivity index (χ1n) is 8.68.